The Balaban J connectivity index is 1.86. The van der Waals surface area contributed by atoms with E-state index in [2.05, 4.69) is 5.32 Å². The second kappa shape index (κ2) is 8.53. The van der Waals surface area contributed by atoms with Crippen molar-refractivity contribution in [2.75, 3.05) is 7.05 Å². The first-order valence-corrected chi connectivity index (χ1v) is 9.54. The molecule has 146 valence electrons. The number of fused-ring (bicyclic) bond motifs is 1. The van der Waals surface area contributed by atoms with Gasteiger partial charge in [0.2, 0.25) is 3.79 Å². The van der Waals surface area contributed by atoms with Crippen LogP contribution in [0.2, 0.25) is 0 Å². The molecule has 28 heavy (non-hydrogen) atoms. The van der Waals surface area contributed by atoms with Crippen molar-refractivity contribution in [2.24, 2.45) is 0 Å². The molecule has 0 saturated heterocycles. The maximum atomic E-state index is 12.7. The van der Waals surface area contributed by atoms with Crippen molar-refractivity contribution in [1.29, 1.82) is 0 Å². The van der Waals surface area contributed by atoms with E-state index in [-0.39, 0.29) is 5.56 Å². The minimum atomic E-state index is -1.82. The number of carbonyl (C=O) groups excluding carboxylic acids is 1. The number of para-hydroxylation sites is 1. The van der Waals surface area contributed by atoms with E-state index in [0.717, 1.165) is 5.56 Å². The van der Waals surface area contributed by atoms with Crippen LogP contribution in [0.5, 0.6) is 0 Å². The molecule has 2 aromatic carbocycles. The Labute approximate surface area is 176 Å². The van der Waals surface area contributed by atoms with Gasteiger partial charge in [-0.25, -0.2) is 4.79 Å². The second-order valence-corrected chi connectivity index (χ2v) is 8.67. The fourth-order valence-corrected chi connectivity index (χ4v) is 3.49. The van der Waals surface area contributed by atoms with Crippen molar-refractivity contribution >= 4 is 51.7 Å². The molecule has 1 atom stereocenters. The highest BCUT2D eigenvalue weighted by Crippen LogP contribution is 2.32. The first kappa shape index (κ1) is 20.7. The molecule has 0 saturated carbocycles. The summed E-state index contributed by atoms with van der Waals surface area (Å²) in [5, 5.41) is 3.25. The lowest BCUT2D eigenvalue weighted by Crippen LogP contribution is -2.54. The number of alkyl halides is 3. The summed E-state index contributed by atoms with van der Waals surface area (Å²) in [4.78, 5) is 26.7. The molecule has 8 heteroatoms. The molecule has 0 aliphatic heterocycles. The minimum Gasteiger partial charge on any atom is -0.422 e. The standard InChI is InChI=1S/C20H17Cl3N2O3/c1-25(12-13-7-3-2-4-8-13)19(20(21,22)23)24-17(26)15-11-14-9-5-6-10-16(14)28-18(15)27/h2-11,19H,12H2,1H3,(H,24,26). The summed E-state index contributed by atoms with van der Waals surface area (Å²) >= 11 is 18.3. The van der Waals surface area contributed by atoms with Gasteiger partial charge in [0.15, 0.2) is 0 Å². The van der Waals surface area contributed by atoms with Crippen LogP contribution in [0.15, 0.2) is 69.9 Å². The van der Waals surface area contributed by atoms with Gasteiger partial charge in [-0.1, -0.05) is 83.3 Å². The van der Waals surface area contributed by atoms with E-state index in [1.807, 2.05) is 30.3 Å². The third-order valence-electron chi connectivity index (χ3n) is 4.18. The zero-order chi connectivity index (χ0) is 20.3. The van der Waals surface area contributed by atoms with E-state index in [9.17, 15) is 9.59 Å². The molecular weight excluding hydrogens is 423 g/mol. The summed E-state index contributed by atoms with van der Waals surface area (Å²) in [5.74, 6) is -0.685. The fraction of sp³-hybridized carbons (Fsp3) is 0.200. The molecule has 0 spiro atoms. The summed E-state index contributed by atoms with van der Waals surface area (Å²) in [6.07, 6.45) is -0.976. The lowest BCUT2D eigenvalue weighted by molar-refractivity contribution is 0.0866. The average Bonchev–Trinajstić information content (AvgIpc) is 2.65. The van der Waals surface area contributed by atoms with Gasteiger partial charge in [-0.2, -0.15) is 0 Å². The quantitative estimate of drug-likeness (QED) is 0.365. The van der Waals surface area contributed by atoms with Crippen molar-refractivity contribution in [3.05, 3.63) is 82.2 Å². The van der Waals surface area contributed by atoms with Crippen LogP contribution >= 0.6 is 34.8 Å². The van der Waals surface area contributed by atoms with Gasteiger partial charge in [-0.05, 0) is 24.7 Å². The van der Waals surface area contributed by atoms with Gasteiger partial charge in [0, 0.05) is 11.9 Å². The van der Waals surface area contributed by atoms with Crippen molar-refractivity contribution in [2.45, 2.75) is 16.5 Å². The van der Waals surface area contributed by atoms with Crippen LogP contribution < -0.4 is 10.9 Å². The number of benzene rings is 2. The molecule has 0 aliphatic rings. The fourth-order valence-electron chi connectivity index (χ4n) is 2.83. The zero-order valence-electron chi connectivity index (χ0n) is 14.9. The van der Waals surface area contributed by atoms with Crippen LogP contribution in [-0.4, -0.2) is 27.8 Å². The topological polar surface area (TPSA) is 62.6 Å². The first-order chi connectivity index (χ1) is 13.3. The minimum absolute atomic E-state index is 0.161. The normalized spacial score (nSPS) is 12.9. The number of hydrogen-bond acceptors (Lipinski definition) is 4. The molecule has 1 amide bonds. The molecule has 1 unspecified atom stereocenters. The van der Waals surface area contributed by atoms with Crippen molar-refractivity contribution in [3.63, 3.8) is 0 Å². The Kier molecular flexibility index (Phi) is 6.30. The number of rotatable bonds is 5. The Bertz CT molecular complexity index is 1030. The van der Waals surface area contributed by atoms with Crippen LogP contribution in [0, 0.1) is 0 Å². The summed E-state index contributed by atoms with van der Waals surface area (Å²) in [7, 11) is 1.71. The number of halogens is 3. The van der Waals surface area contributed by atoms with Crippen molar-refractivity contribution in [3.8, 4) is 0 Å². The molecule has 3 rings (SSSR count). The van der Waals surface area contributed by atoms with E-state index in [1.54, 1.807) is 36.2 Å². The van der Waals surface area contributed by atoms with Gasteiger partial charge in [0.05, 0.1) is 0 Å². The van der Waals surface area contributed by atoms with Gasteiger partial charge >= 0.3 is 5.63 Å². The Hall–Kier alpha value is -2.05. The molecule has 3 aromatic rings. The summed E-state index contributed by atoms with van der Waals surface area (Å²) < 4.78 is 3.39. The highest BCUT2D eigenvalue weighted by Gasteiger charge is 2.37. The van der Waals surface area contributed by atoms with E-state index in [1.165, 1.54) is 6.07 Å². The SMILES string of the molecule is CN(Cc1ccccc1)C(NC(=O)c1cc2ccccc2oc1=O)C(Cl)(Cl)Cl. The third-order valence-corrected chi connectivity index (χ3v) is 4.80. The summed E-state index contributed by atoms with van der Waals surface area (Å²) in [6.45, 7) is 0.423. The van der Waals surface area contributed by atoms with Gasteiger partial charge in [-0.15, -0.1) is 0 Å². The zero-order valence-corrected chi connectivity index (χ0v) is 17.1. The predicted octanol–water partition coefficient (Wildman–Crippen LogP) is 4.35. The molecule has 0 radical (unpaired) electrons. The lowest BCUT2D eigenvalue weighted by atomic mass is 10.1. The maximum absolute atomic E-state index is 12.7. The highest BCUT2D eigenvalue weighted by molar-refractivity contribution is 6.68. The van der Waals surface area contributed by atoms with E-state index < -0.39 is 21.5 Å². The van der Waals surface area contributed by atoms with E-state index >= 15 is 0 Å². The Morgan fingerprint density at radius 1 is 1.11 bits per heavy atom. The maximum Gasteiger partial charge on any atom is 0.349 e. The molecule has 1 aromatic heterocycles. The number of hydrogen-bond donors (Lipinski definition) is 1. The smallest absolute Gasteiger partial charge is 0.349 e. The first-order valence-electron chi connectivity index (χ1n) is 8.40. The second-order valence-electron chi connectivity index (χ2n) is 6.30. The molecule has 0 aliphatic carbocycles. The molecule has 1 N–H and O–H groups in total. The molecule has 0 bridgehead atoms. The highest BCUT2D eigenvalue weighted by atomic mass is 35.6. The third kappa shape index (κ3) is 4.86. The monoisotopic (exact) mass is 438 g/mol. The Morgan fingerprint density at radius 2 is 1.75 bits per heavy atom. The van der Waals surface area contributed by atoms with Crippen LogP contribution in [0.25, 0.3) is 11.0 Å². The number of nitrogens with one attached hydrogen (secondary N) is 1. The summed E-state index contributed by atoms with van der Waals surface area (Å²) in [5.41, 5.74) is 0.447. The van der Waals surface area contributed by atoms with Gasteiger partial charge in [0.25, 0.3) is 5.91 Å². The van der Waals surface area contributed by atoms with Gasteiger partial charge in [0.1, 0.15) is 17.3 Å². The van der Waals surface area contributed by atoms with Crippen LogP contribution in [0.3, 0.4) is 0 Å². The van der Waals surface area contributed by atoms with E-state index in [4.69, 9.17) is 39.2 Å². The van der Waals surface area contributed by atoms with Crippen LogP contribution in [0.1, 0.15) is 15.9 Å². The largest absolute Gasteiger partial charge is 0.422 e. The van der Waals surface area contributed by atoms with Crippen LogP contribution in [0.4, 0.5) is 0 Å². The van der Waals surface area contributed by atoms with Crippen molar-refractivity contribution < 1.29 is 9.21 Å². The van der Waals surface area contributed by atoms with Gasteiger partial charge in [-0.3, -0.25) is 9.69 Å². The molecule has 1 heterocycles. The molecular formula is C20H17Cl3N2O3. The average molecular weight is 440 g/mol. The van der Waals surface area contributed by atoms with Gasteiger partial charge < -0.3 is 9.73 Å². The predicted molar refractivity (Wildman–Crippen MR) is 112 cm³/mol. The molecule has 5 nitrogen and oxygen atoms in total. The number of amides is 1. The lowest BCUT2D eigenvalue weighted by Gasteiger charge is -2.33. The number of nitrogens with zero attached hydrogens (tertiary/aromatic N) is 1. The van der Waals surface area contributed by atoms with Crippen molar-refractivity contribution in [1.82, 2.24) is 10.2 Å². The number of carbonyl (C=O) groups is 1. The summed E-state index contributed by atoms with van der Waals surface area (Å²) in [6, 6.07) is 17.9. The Morgan fingerprint density at radius 3 is 2.43 bits per heavy atom. The molecule has 0 fully saturated rings. The van der Waals surface area contributed by atoms with Crippen LogP contribution in [-0.2, 0) is 6.54 Å². The van der Waals surface area contributed by atoms with E-state index in [0.29, 0.717) is 17.5 Å².